The zero-order chi connectivity index (χ0) is 21.6. The molecular formula is C20H25ClN2O5S. The second kappa shape index (κ2) is 9.96. The van der Waals surface area contributed by atoms with Crippen LogP contribution in [-0.4, -0.2) is 44.9 Å². The minimum absolute atomic E-state index is 0.0728. The van der Waals surface area contributed by atoms with Crippen LogP contribution in [0.25, 0.3) is 0 Å². The van der Waals surface area contributed by atoms with Gasteiger partial charge < -0.3 is 14.8 Å². The van der Waals surface area contributed by atoms with Crippen molar-refractivity contribution in [2.45, 2.75) is 31.8 Å². The number of methoxy groups -OCH3 is 1. The van der Waals surface area contributed by atoms with Crippen LogP contribution in [0.1, 0.15) is 20.8 Å². The fourth-order valence-corrected chi connectivity index (χ4v) is 4.27. The van der Waals surface area contributed by atoms with Crippen molar-refractivity contribution in [2.75, 3.05) is 25.5 Å². The number of sulfonamides is 1. The second-order valence-electron chi connectivity index (χ2n) is 6.15. The molecular weight excluding hydrogens is 416 g/mol. The number of nitrogens with one attached hydrogen (secondary N) is 1. The van der Waals surface area contributed by atoms with Crippen molar-refractivity contribution in [3.05, 3.63) is 47.5 Å². The maximum atomic E-state index is 12.8. The number of hydrogen-bond donors (Lipinski definition) is 1. The molecule has 0 bridgehead atoms. The smallest absolute Gasteiger partial charge is 0.265 e. The molecule has 1 N–H and O–H groups in total. The van der Waals surface area contributed by atoms with Crippen molar-refractivity contribution in [1.29, 1.82) is 0 Å². The lowest BCUT2D eigenvalue weighted by molar-refractivity contribution is -0.122. The zero-order valence-electron chi connectivity index (χ0n) is 16.8. The molecule has 2 aromatic rings. The van der Waals surface area contributed by atoms with E-state index in [0.29, 0.717) is 29.6 Å². The maximum absolute atomic E-state index is 12.8. The number of nitrogens with zero attached hydrogens (tertiary/aromatic N) is 1. The van der Waals surface area contributed by atoms with Crippen LogP contribution in [0, 0.1) is 0 Å². The van der Waals surface area contributed by atoms with E-state index in [4.69, 9.17) is 21.1 Å². The highest BCUT2D eigenvalue weighted by Crippen LogP contribution is 2.29. The highest BCUT2D eigenvalue weighted by molar-refractivity contribution is 7.89. The van der Waals surface area contributed by atoms with E-state index < -0.39 is 22.0 Å². The quantitative estimate of drug-likeness (QED) is 0.641. The number of benzene rings is 2. The number of anilines is 1. The molecule has 0 heterocycles. The van der Waals surface area contributed by atoms with Gasteiger partial charge in [-0.2, -0.15) is 4.31 Å². The van der Waals surface area contributed by atoms with Gasteiger partial charge in [0, 0.05) is 18.1 Å². The molecule has 0 saturated carbocycles. The van der Waals surface area contributed by atoms with Crippen LogP contribution in [0.2, 0.25) is 5.02 Å². The summed E-state index contributed by atoms with van der Waals surface area (Å²) in [6.45, 7) is 5.82. The van der Waals surface area contributed by atoms with E-state index in [1.807, 2.05) is 0 Å². The number of ether oxygens (including phenoxy) is 2. The monoisotopic (exact) mass is 440 g/mol. The first kappa shape index (κ1) is 23.0. The third kappa shape index (κ3) is 5.62. The van der Waals surface area contributed by atoms with Crippen molar-refractivity contribution in [3.8, 4) is 11.5 Å². The molecule has 0 aliphatic rings. The summed E-state index contributed by atoms with van der Waals surface area (Å²) in [6, 6.07) is 11.0. The van der Waals surface area contributed by atoms with Gasteiger partial charge in [0.05, 0.1) is 17.7 Å². The van der Waals surface area contributed by atoms with Crippen LogP contribution in [0.5, 0.6) is 11.5 Å². The standard InChI is InChI=1S/C20H25ClN2O5S/c1-5-23(6-2)29(25,26)17-11-12-19(27-4)18(13-17)22-20(24)14(3)28-16-9-7-15(21)8-10-16/h7-14H,5-6H2,1-4H3,(H,22,24). The normalized spacial score (nSPS) is 12.5. The van der Waals surface area contributed by atoms with Crippen molar-refractivity contribution < 1.29 is 22.7 Å². The Morgan fingerprint density at radius 3 is 2.31 bits per heavy atom. The Kier molecular flexibility index (Phi) is 7.89. The summed E-state index contributed by atoms with van der Waals surface area (Å²) in [7, 11) is -2.23. The first-order chi connectivity index (χ1) is 13.7. The summed E-state index contributed by atoms with van der Waals surface area (Å²) in [5.41, 5.74) is 0.247. The molecule has 1 unspecified atom stereocenters. The topological polar surface area (TPSA) is 84.9 Å². The number of carbonyl (C=O) groups is 1. The number of halogens is 1. The largest absolute Gasteiger partial charge is 0.495 e. The van der Waals surface area contributed by atoms with Crippen LogP contribution < -0.4 is 14.8 Å². The number of carbonyl (C=O) groups excluding carboxylic acids is 1. The van der Waals surface area contributed by atoms with Gasteiger partial charge in [-0.05, 0) is 49.4 Å². The first-order valence-corrected chi connectivity index (χ1v) is 11.0. The van der Waals surface area contributed by atoms with Gasteiger partial charge in [-0.15, -0.1) is 0 Å². The molecule has 0 spiro atoms. The van der Waals surface area contributed by atoms with Crippen LogP contribution >= 0.6 is 11.6 Å². The van der Waals surface area contributed by atoms with Crippen LogP contribution in [0.15, 0.2) is 47.4 Å². The van der Waals surface area contributed by atoms with E-state index in [1.54, 1.807) is 45.0 Å². The van der Waals surface area contributed by atoms with Crippen molar-refractivity contribution >= 4 is 33.2 Å². The third-order valence-corrected chi connectivity index (χ3v) is 6.57. The van der Waals surface area contributed by atoms with Gasteiger partial charge in [-0.3, -0.25) is 4.79 Å². The van der Waals surface area contributed by atoms with E-state index in [-0.39, 0.29) is 10.6 Å². The van der Waals surface area contributed by atoms with Gasteiger partial charge in [0.25, 0.3) is 5.91 Å². The SMILES string of the molecule is CCN(CC)S(=O)(=O)c1ccc(OC)c(NC(=O)C(C)Oc2ccc(Cl)cc2)c1. The number of amides is 1. The van der Waals surface area contributed by atoms with Gasteiger partial charge >= 0.3 is 0 Å². The highest BCUT2D eigenvalue weighted by Gasteiger charge is 2.24. The molecule has 0 saturated heterocycles. The van der Waals surface area contributed by atoms with Crippen molar-refractivity contribution in [2.24, 2.45) is 0 Å². The van der Waals surface area contributed by atoms with E-state index >= 15 is 0 Å². The Bertz CT molecular complexity index is 944. The lowest BCUT2D eigenvalue weighted by Crippen LogP contribution is -2.31. The molecule has 0 aliphatic heterocycles. The summed E-state index contributed by atoms with van der Waals surface area (Å²) in [6.07, 6.45) is -0.830. The van der Waals surface area contributed by atoms with Crippen LogP contribution in [0.3, 0.4) is 0 Å². The Morgan fingerprint density at radius 1 is 1.14 bits per heavy atom. The molecule has 0 aliphatic carbocycles. The molecule has 2 rings (SSSR count). The molecule has 0 radical (unpaired) electrons. The minimum atomic E-state index is -3.67. The van der Waals surface area contributed by atoms with E-state index in [2.05, 4.69) is 5.32 Å². The first-order valence-electron chi connectivity index (χ1n) is 9.14. The molecule has 1 amide bonds. The summed E-state index contributed by atoms with van der Waals surface area (Å²) >= 11 is 5.84. The number of rotatable bonds is 9. The fraction of sp³-hybridized carbons (Fsp3) is 0.350. The maximum Gasteiger partial charge on any atom is 0.265 e. The van der Waals surface area contributed by atoms with Gasteiger partial charge in [-0.1, -0.05) is 25.4 Å². The van der Waals surface area contributed by atoms with Crippen LogP contribution in [-0.2, 0) is 14.8 Å². The second-order valence-corrected chi connectivity index (χ2v) is 8.53. The molecule has 0 aromatic heterocycles. The van der Waals surface area contributed by atoms with Gasteiger partial charge in [0.15, 0.2) is 6.10 Å². The highest BCUT2D eigenvalue weighted by atomic mass is 35.5. The molecule has 2 aromatic carbocycles. The summed E-state index contributed by atoms with van der Waals surface area (Å²) in [5, 5.41) is 3.24. The molecule has 29 heavy (non-hydrogen) atoms. The van der Waals surface area contributed by atoms with E-state index in [1.165, 1.54) is 29.6 Å². The summed E-state index contributed by atoms with van der Waals surface area (Å²) in [4.78, 5) is 12.7. The van der Waals surface area contributed by atoms with Gasteiger partial charge in [0.2, 0.25) is 10.0 Å². The lowest BCUT2D eigenvalue weighted by Gasteiger charge is -2.20. The van der Waals surface area contributed by atoms with Gasteiger partial charge in [0.1, 0.15) is 11.5 Å². The predicted octanol–water partition coefficient (Wildman–Crippen LogP) is 3.79. The van der Waals surface area contributed by atoms with E-state index in [9.17, 15) is 13.2 Å². The average Bonchev–Trinajstić information content (AvgIpc) is 2.70. The summed E-state index contributed by atoms with van der Waals surface area (Å²) < 4.78 is 37.8. The predicted molar refractivity (Wildman–Crippen MR) is 113 cm³/mol. The van der Waals surface area contributed by atoms with Gasteiger partial charge in [-0.25, -0.2) is 8.42 Å². The fourth-order valence-electron chi connectivity index (χ4n) is 2.66. The number of hydrogen-bond acceptors (Lipinski definition) is 5. The zero-order valence-corrected chi connectivity index (χ0v) is 18.4. The molecule has 9 heteroatoms. The van der Waals surface area contributed by atoms with Crippen LogP contribution in [0.4, 0.5) is 5.69 Å². The Labute approximate surface area is 176 Å². The minimum Gasteiger partial charge on any atom is -0.495 e. The Hall–Kier alpha value is -2.29. The van der Waals surface area contributed by atoms with Crippen molar-refractivity contribution in [3.63, 3.8) is 0 Å². The molecule has 1 atom stereocenters. The molecule has 7 nitrogen and oxygen atoms in total. The average molecular weight is 441 g/mol. The lowest BCUT2D eigenvalue weighted by atomic mass is 10.2. The third-order valence-electron chi connectivity index (χ3n) is 4.27. The Morgan fingerprint density at radius 2 is 1.76 bits per heavy atom. The van der Waals surface area contributed by atoms with E-state index in [0.717, 1.165) is 0 Å². The summed E-state index contributed by atoms with van der Waals surface area (Å²) in [5.74, 6) is 0.382. The Balaban J connectivity index is 2.24. The molecule has 158 valence electrons. The van der Waals surface area contributed by atoms with Crippen molar-refractivity contribution in [1.82, 2.24) is 4.31 Å². The molecule has 0 fully saturated rings.